The zero-order chi connectivity index (χ0) is 22.3. The normalized spacial score (nSPS) is 14.4. The van der Waals surface area contributed by atoms with Crippen LogP contribution in [0.3, 0.4) is 0 Å². The fourth-order valence-corrected chi connectivity index (χ4v) is 3.64. The Hall–Kier alpha value is -3.81. The van der Waals surface area contributed by atoms with E-state index in [2.05, 4.69) is 25.1 Å². The molecule has 2 heterocycles. The van der Waals surface area contributed by atoms with Crippen LogP contribution in [0, 0.1) is 5.82 Å². The van der Waals surface area contributed by atoms with E-state index in [4.69, 9.17) is 4.74 Å². The Morgan fingerprint density at radius 3 is 2.56 bits per heavy atom. The number of guanidine groups is 1. The van der Waals surface area contributed by atoms with Crippen molar-refractivity contribution in [2.75, 3.05) is 38.1 Å². The number of anilines is 1. The zero-order valence-electron chi connectivity index (χ0n) is 17.9. The molecule has 7 nitrogen and oxygen atoms in total. The number of rotatable bonds is 5. The summed E-state index contributed by atoms with van der Waals surface area (Å²) in [5.41, 5.74) is 1.85. The van der Waals surface area contributed by atoms with Crippen molar-refractivity contribution in [1.29, 1.82) is 0 Å². The first-order chi connectivity index (χ1) is 15.6. The highest BCUT2D eigenvalue weighted by Crippen LogP contribution is 2.27. The van der Waals surface area contributed by atoms with E-state index >= 15 is 0 Å². The van der Waals surface area contributed by atoms with Gasteiger partial charge in [0, 0.05) is 52.0 Å². The molecule has 2 N–H and O–H groups in total. The Bertz CT molecular complexity index is 1070. The van der Waals surface area contributed by atoms with E-state index in [1.54, 1.807) is 31.4 Å². The molecule has 32 heavy (non-hydrogen) atoms. The molecule has 0 radical (unpaired) electrons. The third kappa shape index (κ3) is 5.26. The number of aromatic hydroxyl groups is 1. The number of phenolic OH excluding ortho intramolecular Hbond substituents is 1. The number of aliphatic imine (C=N–C) groups is 1. The molecule has 1 fully saturated rings. The van der Waals surface area contributed by atoms with Crippen molar-refractivity contribution in [2.45, 2.75) is 6.54 Å². The molecule has 0 spiro atoms. The van der Waals surface area contributed by atoms with E-state index in [0.717, 1.165) is 43.4 Å². The fraction of sp³-hybridized carbons (Fsp3) is 0.250. The van der Waals surface area contributed by atoms with Crippen molar-refractivity contribution in [2.24, 2.45) is 4.99 Å². The highest BCUT2D eigenvalue weighted by molar-refractivity contribution is 5.80. The Morgan fingerprint density at radius 2 is 1.84 bits per heavy atom. The van der Waals surface area contributed by atoms with Gasteiger partial charge >= 0.3 is 0 Å². The molecule has 0 aliphatic carbocycles. The van der Waals surface area contributed by atoms with Crippen LogP contribution in [-0.4, -0.2) is 54.2 Å². The highest BCUT2D eigenvalue weighted by Gasteiger charge is 2.21. The van der Waals surface area contributed by atoms with Crippen LogP contribution >= 0.6 is 0 Å². The number of nitrogens with one attached hydrogen (secondary N) is 1. The van der Waals surface area contributed by atoms with Gasteiger partial charge in [-0.15, -0.1) is 0 Å². The zero-order valence-corrected chi connectivity index (χ0v) is 17.9. The number of piperazine rings is 1. The van der Waals surface area contributed by atoms with Gasteiger partial charge in [-0.25, -0.2) is 9.37 Å². The highest BCUT2D eigenvalue weighted by atomic mass is 19.1. The fourth-order valence-electron chi connectivity index (χ4n) is 3.64. The number of phenols is 1. The molecule has 0 atom stereocenters. The van der Waals surface area contributed by atoms with Gasteiger partial charge in [0.05, 0.1) is 5.69 Å². The largest absolute Gasteiger partial charge is 0.506 e. The molecule has 1 aliphatic rings. The first-order valence-corrected chi connectivity index (χ1v) is 10.5. The van der Waals surface area contributed by atoms with Gasteiger partial charge in [0.2, 0.25) is 5.88 Å². The van der Waals surface area contributed by atoms with Gasteiger partial charge in [-0.2, -0.15) is 0 Å². The van der Waals surface area contributed by atoms with E-state index in [1.165, 1.54) is 12.1 Å². The molecule has 0 bridgehead atoms. The number of halogens is 1. The number of nitrogens with zero attached hydrogens (tertiary/aromatic N) is 4. The molecule has 0 amide bonds. The second-order valence-electron chi connectivity index (χ2n) is 7.42. The van der Waals surface area contributed by atoms with Crippen molar-refractivity contribution in [1.82, 2.24) is 15.2 Å². The topological polar surface area (TPSA) is 73.2 Å². The third-order valence-electron chi connectivity index (χ3n) is 5.30. The van der Waals surface area contributed by atoms with Crippen LogP contribution in [0.25, 0.3) is 0 Å². The second kappa shape index (κ2) is 10.00. The number of para-hydroxylation sites is 2. The van der Waals surface area contributed by atoms with Gasteiger partial charge in [-0.3, -0.25) is 4.99 Å². The van der Waals surface area contributed by atoms with Gasteiger partial charge in [0.25, 0.3) is 0 Å². The molecule has 1 saturated heterocycles. The Morgan fingerprint density at radius 1 is 1.09 bits per heavy atom. The number of ether oxygens (including phenoxy) is 1. The van der Waals surface area contributed by atoms with Crippen molar-refractivity contribution in [3.63, 3.8) is 0 Å². The number of aromatic nitrogens is 1. The third-order valence-corrected chi connectivity index (χ3v) is 5.30. The quantitative estimate of drug-likeness (QED) is 0.471. The van der Waals surface area contributed by atoms with Crippen LogP contribution in [0.1, 0.15) is 5.56 Å². The molecule has 0 unspecified atom stereocenters. The molecular formula is C24H26FN5O2. The Labute approximate surface area is 186 Å². The molecule has 3 aromatic rings. The summed E-state index contributed by atoms with van der Waals surface area (Å²) in [4.78, 5) is 13.0. The minimum atomic E-state index is -0.309. The smallest absolute Gasteiger partial charge is 0.219 e. The van der Waals surface area contributed by atoms with E-state index in [9.17, 15) is 9.50 Å². The van der Waals surface area contributed by atoms with Gasteiger partial charge in [-0.1, -0.05) is 12.1 Å². The number of pyridine rings is 1. The minimum Gasteiger partial charge on any atom is -0.506 e. The number of benzene rings is 2. The average molecular weight is 436 g/mol. The van der Waals surface area contributed by atoms with Crippen LogP contribution in [-0.2, 0) is 6.54 Å². The lowest BCUT2D eigenvalue weighted by atomic mass is 10.2. The summed E-state index contributed by atoms with van der Waals surface area (Å²) in [6, 6.07) is 17.0. The van der Waals surface area contributed by atoms with Gasteiger partial charge in [0.15, 0.2) is 5.96 Å². The maximum atomic E-state index is 13.1. The first-order valence-electron chi connectivity index (χ1n) is 10.5. The SMILES string of the molecule is CN=C(NCc1ccnc(Oc2ccc(F)cc2)c1)N1CCN(c2ccccc2O)CC1. The monoisotopic (exact) mass is 435 g/mol. The lowest BCUT2D eigenvalue weighted by Crippen LogP contribution is -2.52. The van der Waals surface area contributed by atoms with Crippen LogP contribution in [0.4, 0.5) is 10.1 Å². The molecule has 1 aliphatic heterocycles. The number of hydrogen-bond acceptors (Lipinski definition) is 5. The van der Waals surface area contributed by atoms with Crippen molar-refractivity contribution in [3.05, 3.63) is 78.2 Å². The van der Waals surface area contributed by atoms with Gasteiger partial charge < -0.3 is 25.0 Å². The summed E-state index contributed by atoms with van der Waals surface area (Å²) in [6.45, 7) is 3.74. The van der Waals surface area contributed by atoms with Crippen LogP contribution < -0.4 is 15.0 Å². The van der Waals surface area contributed by atoms with Crippen molar-refractivity contribution in [3.8, 4) is 17.4 Å². The summed E-state index contributed by atoms with van der Waals surface area (Å²) >= 11 is 0. The molecule has 2 aromatic carbocycles. The summed E-state index contributed by atoms with van der Waals surface area (Å²) < 4.78 is 18.8. The van der Waals surface area contributed by atoms with E-state index in [-0.39, 0.29) is 5.82 Å². The predicted molar refractivity (Wildman–Crippen MR) is 123 cm³/mol. The lowest BCUT2D eigenvalue weighted by molar-refractivity contribution is 0.369. The van der Waals surface area contributed by atoms with E-state index < -0.39 is 0 Å². The lowest BCUT2D eigenvalue weighted by Gasteiger charge is -2.37. The maximum absolute atomic E-state index is 13.1. The molecule has 166 valence electrons. The summed E-state index contributed by atoms with van der Waals surface area (Å²) in [7, 11) is 1.77. The summed E-state index contributed by atoms with van der Waals surface area (Å²) in [6.07, 6.45) is 1.68. The number of hydrogen-bond donors (Lipinski definition) is 2. The Balaban J connectivity index is 1.32. The van der Waals surface area contributed by atoms with Crippen LogP contribution in [0.2, 0.25) is 0 Å². The van der Waals surface area contributed by atoms with E-state index in [1.807, 2.05) is 30.3 Å². The van der Waals surface area contributed by atoms with E-state index in [0.29, 0.717) is 23.9 Å². The van der Waals surface area contributed by atoms with Gasteiger partial charge in [0.1, 0.15) is 17.3 Å². The summed E-state index contributed by atoms with van der Waals surface area (Å²) in [5, 5.41) is 13.5. The maximum Gasteiger partial charge on any atom is 0.219 e. The van der Waals surface area contributed by atoms with Crippen LogP contribution in [0.15, 0.2) is 71.9 Å². The van der Waals surface area contributed by atoms with Gasteiger partial charge in [-0.05, 0) is 48.0 Å². The Kier molecular flexibility index (Phi) is 6.69. The molecule has 1 aromatic heterocycles. The predicted octanol–water partition coefficient (Wildman–Crippen LogP) is 3.62. The molecule has 0 saturated carbocycles. The summed E-state index contributed by atoms with van der Waals surface area (Å²) in [5.74, 6) is 1.79. The standard InChI is InChI=1S/C24H26FN5O2/c1-26-24(30-14-12-29(13-15-30)21-4-2-3-5-22(21)31)28-17-18-10-11-27-23(16-18)32-20-8-6-19(25)7-9-20/h2-11,16,31H,12-15,17H2,1H3,(H,26,28). The van der Waals surface area contributed by atoms with Crippen molar-refractivity contribution >= 4 is 11.6 Å². The second-order valence-corrected chi connectivity index (χ2v) is 7.42. The first kappa shape index (κ1) is 21.4. The minimum absolute atomic E-state index is 0.305. The van der Waals surface area contributed by atoms with Crippen LogP contribution in [0.5, 0.6) is 17.4 Å². The molecular weight excluding hydrogens is 409 g/mol. The average Bonchev–Trinajstić information content (AvgIpc) is 2.82. The molecule has 8 heteroatoms. The molecule has 4 rings (SSSR count). The van der Waals surface area contributed by atoms with Crippen molar-refractivity contribution < 1.29 is 14.2 Å².